The van der Waals surface area contributed by atoms with Crippen molar-refractivity contribution in [1.29, 1.82) is 0 Å². The molecule has 0 spiro atoms. The van der Waals surface area contributed by atoms with Gasteiger partial charge in [-0.05, 0) is 43.8 Å². The van der Waals surface area contributed by atoms with E-state index in [0.717, 1.165) is 16.5 Å². The molecule has 0 atom stereocenters. The number of nitrogens with zero attached hydrogens (tertiary/aromatic N) is 2. The fraction of sp³-hybridized carbons (Fsp3) is 0.846. The van der Waals surface area contributed by atoms with Gasteiger partial charge in [0, 0.05) is 13.0 Å². The highest BCUT2D eigenvalue weighted by molar-refractivity contribution is 7.71. The minimum absolute atomic E-state index is 0.617. The van der Waals surface area contributed by atoms with Crippen molar-refractivity contribution in [3.8, 4) is 0 Å². The fourth-order valence-electron chi connectivity index (χ4n) is 2.93. The normalized spacial score (nSPS) is 25.1. The number of unbranched alkanes of at least 4 members (excludes halogenated alkanes) is 1. The Kier molecular flexibility index (Phi) is 4.37. The smallest absolute Gasteiger partial charge is 0.194 e. The molecule has 0 bridgehead atoms. The summed E-state index contributed by atoms with van der Waals surface area (Å²) in [5.41, 5.74) is 0. The van der Waals surface area contributed by atoms with Gasteiger partial charge >= 0.3 is 0 Å². The van der Waals surface area contributed by atoms with E-state index < -0.39 is 0 Å². The molecule has 96 valence electrons. The summed E-state index contributed by atoms with van der Waals surface area (Å²) in [6.45, 7) is 2.28. The van der Waals surface area contributed by atoms with Gasteiger partial charge in [-0.3, -0.25) is 5.10 Å². The Bertz CT molecular complexity index is 399. The van der Waals surface area contributed by atoms with Gasteiger partial charge in [-0.1, -0.05) is 26.2 Å². The molecule has 1 N–H and O–H groups in total. The predicted molar refractivity (Wildman–Crippen MR) is 72.6 cm³/mol. The van der Waals surface area contributed by atoms with Crippen LogP contribution in [0.1, 0.15) is 63.6 Å². The molecule has 3 nitrogen and oxygen atoms in total. The van der Waals surface area contributed by atoms with Gasteiger partial charge in [0.25, 0.3) is 0 Å². The van der Waals surface area contributed by atoms with Crippen LogP contribution in [-0.2, 0) is 7.05 Å². The SMILES string of the molecule is CCCCC1CCC(c2n[nH]c(=S)n2C)CC1. The Balaban J connectivity index is 1.91. The van der Waals surface area contributed by atoms with Gasteiger partial charge in [0.15, 0.2) is 4.77 Å². The second kappa shape index (κ2) is 5.80. The second-order valence-corrected chi connectivity index (χ2v) is 5.69. The highest BCUT2D eigenvalue weighted by atomic mass is 32.1. The summed E-state index contributed by atoms with van der Waals surface area (Å²) in [6.07, 6.45) is 9.43. The molecule has 1 aromatic heterocycles. The Morgan fingerprint density at radius 3 is 2.59 bits per heavy atom. The number of aromatic nitrogens is 3. The third-order valence-corrected chi connectivity index (χ3v) is 4.46. The van der Waals surface area contributed by atoms with Gasteiger partial charge in [-0.2, -0.15) is 5.10 Å². The van der Waals surface area contributed by atoms with E-state index in [1.165, 1.54) is 44.9 Å². The molecular formula is C13H23N3S. The average molecular weight is 253 g/mol. The summed E-state index contributed by atoms with van der Waals surface area (Å²) in [6, 6.07) is 0. The van der Waals surface area contributed by atoms with Gasteiger partial charge in [0.1, 0.15) is 5.82 Å². The monoisotopic (exact) mass is 253 g/mol. The first-order valence-corrected chi connectivity index (χ1v) is 7.24. The standard InChI is InChI=1S/C13H23N3S/c1-3-4-5-10-6-8-11(9-7-10)12-14-15-13(17)16(12)2/h10-11H,3-9H2,1-2H3,(H,15,17). The number of aromatic amines is 1. The molecule has 1 saturated carbocycles. The Hall–Kier alpha value is -0.640. The topological polar surface area (TPSA) is 33.6 Å². The molecule has 1 fully saturated rings. The van der Waals surface area contributed by atoms with Gasteiger partial charge in [-0.25, -0.2) is 0 Å². The minimum Gasteiger partial charge on any atom is -0.307 e. The summed E-state index contributed by atoms with van der Waals surface area (Å²) in [7, 11) is 2.02. The van der Waals surface area contributed by atoms with Crippen LogP contribution in [-0.4, -0.2) is 14.8 Å². The lowest BCUT2D eigenvalue weighted by Gasteiger charge is -2.27. The first kappa shape index (κ1) is 12.8. The van der Waals surface area contributed by atoms with E-state index in [2.05, 4.69) is 17.1 Å². The van der Waals surface area contributed by atoms with Crippen LogP contribution in [0.15, 0.2) is 0 Å². The molecule has 0 unspecified atom stereocenters. The third-order valence-electron chi connectivity index (χ3n) is 4.09. The van der Waals surface area contributed by atoms with Crippen molar-refractivity contribution in [1.82, 2.24) is 14.8 Å². The zero-order valence-electron chi connectivity index (χ0n) is 10.9. The number of rotatable bonds is 4. The van der Waals surface area contributed by atoms with Crippen LogP contribution < -0.4 is 0 Å². The van der Waals surface area contributed by atoms with Gasteiger partial charge < -0.3 is 4.57 Å². The lowest BCUT2D eigenvalue weighted by Crippen LogP contribution is -2.16. The molecule has 2 rings (SSSR count). The third kappa shape index (κ3) is 2.97. The Labute approximate surface area is 109 Å². The largest absolute Gasteiger partial charge is 0.307 e. The first-order chi connectivity index (χ1) is 8.22. The minimum atomic E-state index is 0.617. The first-order valence-electron chi connectivity index (χ1n) is 6.83. The summed E-state index contributed by atoms with van der Waals surface area (Å²) in [5, 5.41) is 7.27. The Morgan fingerprint density at radius 2 is 2.06 bits per heavy atom. The number of hydrogen-bond acceptors (Lipinski definition) is 2. The maximum Gasteiger partial charge on any atom is 0.194 e. The number of nitrogens with one attached hydrogen (secondary N) is 1. The van der Waals surface area contributed by atoms with E-state index in [1.807, 2.05) is 11.6 Å². The lowest BCUT2D eigenvalue weighted by molar-refractivity contribution is 0.296. The van der Waals surface area contributed by atoms with E-state index in [9.17, 15) is 0 Å². The highest BCUT2D eigenvalue weighted by Crippen LogP contribution is 2.36. The maximum absolute atomic E-state index is 5.17. The second-order valence-electron chi connectivity index (χ2n) is 5.31. The highest BCUT2D eigenvalue weighted by Gasteiger charge is 2.24. The van der Waals surface area contributed by atoms with Crippen LogP contribution in [0, 0.1) is 10.7 Å². The summed E-state index contributed by atoms with van der Waals surface area (Å²) >= 11 is 5.17. The molecule has 1 aliphatic carbocycles. The van der Waals surface area contributed by atoms with Gasteiger partial charge in [0.05, 0.1) is 0 Å². The van der Waals surface area contributed by atoms with Crippen molar-refractivity contribution in [3.05, 3.63) is 10.6 Å². The number of hydrogen-bond donors (Lipinski definition) is 1. The van der Waals surface area contributed by atoms with Crippen LogP contribution in [0.25, 0.3) is 0 Å². The van der Waals surface area contributed by atoms with Crippen LogP contribution >= 0.6 is 12.2 Å². The van der Waals surface area contributed by atoms with Crippen LogP contribution in [0.5, 0.6) is 0 Å². The summed E-state index contributed by atoms with van der Waals surface area (Å²) < 4.78 is 2.78. The van der Waals surface area contributed by atoms with Crippen molar-refractivity contribution in [2.75, 3.05) is 0 Å². The lowest BCUT2D eigenvalue weighted by atomic mass is 9.79. The summed E-state index contributed by atoms with van der Waals surface area (Å²) in [5.74, 6) is 2.73. The molecule has 0 aliphatic heterocycles. The Morgan fingerprint density at radius 1 is 1.35 bits per heavy atom. The molecule has 0 amide bonds. The van der Waals surface area contributed by atoms with Crippen molar-refractivity contribution in [3.63, 3.8) is 0 Å². The van der Waals surface area contributed by atoms with Gasteiger partial charge in [0.2, 0.25) is 0 Å². The van der Waals surface area contributed by atoms with E-state index in [1.54, 1.807) is 0 Å². The zero-order valence-corrected chi connectivity index (χ0v) is 11.7. The van der Waals surface area contributed by atoms with Crippen LogP contribution in [0.3, 0.4) is 0 Å². The van der Waals surface area contributed by atoms with Crippen LogP contribution in [0.2, 0.25) is 0 Å². The van der Waals surface area contributed by atoms with E-state index >= 15 is 0 Å². The van der Waals surface area contributed by atoms with E-state index in [-0.39, 0.29) is 0 Å². The molecule has 1 heterocycles. The van der Waals surface area contributed by atoms with E-state index in [0.29, 0.717) is 5.92 Å². The molecule has 17 heavy (non-hydrogen) atoms. The van der Waals surface area contributed by atoms with Crippen molar-refractivity contribution in [2.24, 2.45) is 13.0 Å². The fourth-order valence-corrected chi connectivity index (χ4v) is 3.07. The molecule has 1 aromatic rings. The van der Waals surface area contributed by atoms with Gasteiger partial charge in [-0.15, -0.1) is 0 Å². The molecule has 0 radical (unpaired) electrons. The molecular weight excluding hydrogens is 230 g/mol. The zero-order chi connectivity index (χ0) is 12.3. The molecule has 4 heteroatoms. The molecule has 0 saturated heterocycles. The molecule has 0 aromatic carbocycles. The summed E-state index contributed by atoms with van der Waals surface area (Å²) in [4.78, 5) is 0. The number of H-pyrrole nitrogens is 1. The molecule has 1 aliphatic rings. The maximum atomic E-state index is 5.17. The van der Waals surface area contributed by atoms with E-state index in [4.69, 9.17) is 12.2 Å². The van der Waals surface area contributed by atoms with Crippen molar-refractivity contribution >= 4 is 12.2 Å². The van der Waals surface area contributed by atoms with Crippen molar-refractivity contribution < 1.29 is 0 Å². The average Bonchev–Trinajstić information content (AvgIpc) is 2.68. The van der Waals surface area contributed by atoms with Crippen molar-refractivity contribution in [2.45, 2.75) is 57.8 Å². The quantitative estimate of drug-likeness (QED) is 0.825. The predicted octanol–water partition coefficient (Wildman–Crippen LogP) is 3.94. The van der Waals surface area contributed by atoms with Crippen LogP contribution in [0.4, 0.5) is 0 Å².